The minimum atomic E-state index is -0.465. The van der Waals surface area contributed by atoms with E-state index in [4.69, 9.17) is 9.47 Å². The van der Waals surface area contributed by atoms with Crippen LogP contribution in [0.4, 0.5) is 0 Å². The second-order valence-corrected chi connectivity index (χ2v) is 8.89. The summed E-state index contributed by atoms with van der Waals surface area (Å²) in [5, 5.41) is 0. The van der Waals surface area contributed by atoms with Gasteiger partial charge >= 0.3 is 5.97 Å². The fourth-order valence-electron chi connectivity index (χ4n) is 3.60. The molecule has 4 aromatic carbocycles. The van der Waals surface area contributed by atoms with Crippen molar-refractivity contribution in [3.05, 3.63) is 129 Å². The molecular weight excluding hydrogens is 537 g/mol. The van der Waals surface area contributed by atoms with E-state index in [-0.39, 0.29) is 5.70 Å². The molecule has 1 aliphatic heterocycles. The molecule has 0 bridgehead atoms. The Morgan fingerprint density at radius 2 is 1.50 bits per heavy atom. The Morgan fingerprint density at radius 3 is 2.29 bits per heavy atom. The van der Waals surface area contributed by atoms with Crippen LogP contribution in [0.5, 0.6) is 5.75 Å². The SMILES string of the molecule is O=C1OC(c2ccc(-c3ccccc3)cc2)=N/C1=C\c1cccc(OCc2ccccc2I)c1. The largest absolute Gasteiger partial charge is 0.489 e. The summed E-state index contributed by atoms with van der Waals surface area (Å²) in [6.45, 7) is 0.475. The molecule has 5 heteroatoms. The van der Waals surface area contributed by atoms with E-state index >= 15 is 0 Å². The second-order valence-electron chi connectivity index (χ2n) is 7.73. The first-order valence-corrected chi connectivity index (χ1v) is 11.9. The number of rotatable bonds is 6. The van der Waals surface area contributed by atoms with Crippen LogP contribution in [0.1, 0.15) is 16.7 Å². The van der Waals surface area contributed by atoms with Crippen LogP contribution in [0.3, 0.4) is 0 Å². The molecule has 0 fully saturated rings. The zero-order valence-electron chi connectivity index (χ0n) is 18.1. The summed E-state index contributed by atoms with van der Waals surface area (Å²) in [6.07, 6.45) is 1.72. The number of benzene rings is 4. The summed E-state index contributed by atoms with van der Waals surface area (Å²) < 4.78 is 12.6. The van der Waals surface area contributed by atoms with Crippen molar-refractivity contribution in [3.8, 4) is 16.9 Å². The summed E-state index contributed by atoms with van der Waals surface area (Å²) >= 11 is 2.30. The van der Waals surface area contributed by atoms with Crippen LogP contribution in [0.15, 0.2) is 114 Å². The third-order valence-electron chi connectivity index (χ3n) is 5.37. The summed E-state index contributed by atoms with van der Waals surface area (Å²) in [4.78, 5) is 16.9. The molecule has 0 saturated carbocycles. The Balaban J connectivity index is 1.32. The molecule has 0 radical (unpaired) electrons. The third kappa shape index (κ3) is 5.10. The van der Waals surface area contributed by atoms with Crippen molar-refractivity contribution in [2.45, 2.75) is 6.61 Å². The van der Waals surface area contributed by atoms with Crippen LogP contribution in [0.2, 0.25) is 0 Å². The molecule has 34 heavy (non-hydrogen) atoms. The van der Waals surface area contributed by atoms with Crippen LogP contribution in [-0.2, 0) is 16.1 Å². The minimum absolute atomic E-state index is 0.261. The molecule has 4 nitrogen and oxygen atoms in total. The lowest BCUT2D eigenvalue weighted by Crippen LogP contribution is -2.05. The molecule has 166 valence electrons. The zero-order chi connectivity index (χ0) is 23.3. The summed E-state index contributed by atoms with van der Waals surface area (Å²) in [7, 11) is 0. The lowest BCUT2D eigenvalue weighted by molar-refractivity contribution is -0.129. The van der Waals surface area contributed by atoms with Gasteiger partial charge in [0.05, 0.1) is 0 Å². The van der Waals surface area contributed by atoms with Gasteiger partial charge < -0.3 is 9.47 Å². The van der Waals surface area contributed by atoms with E-state index in [1.54, 1.807) is 6.08 Å². The first-order chi connectivity index (χ1) is 16.7. The van der Waals surface area contributed by atoms with Crippen molar-refractivity contribution >= 4 is 40.5 Å². The molecule has 1 heterocycles. The molecule has 0 unspecified atom stereocenters. The van der Waals surface area contributed by atoms with E-state index in [2.05, 4.69) is 45.8 Å². The van der Waals surface area contributed by atoms with Gasteiger partial charge in [-0.3, -0.25) is 0 Å². The van der Waals surface area contributed by atoms with Crippen molar-refractivity contribution in [2.75, 3.05) is 0 Å². The van der Waals surface area contributed by atoms with Gasteiger partial charge in [0.25, 0.3) is 0 Å². The van der Waals surface area contributed by atoms with E-state index in [0.717, 1.165) is 37.1 Å². The number of halogens is 1. The zero-order valence-corrected chi connectivity index (χ0v) is 20.3. The molecule has 0 amide bonds. The normalized spacial score (nSPS) is 14.1. The van der Waals surface area contributed by atoms with Gasteiger partial charge in [0.1, 0.15) is 12.4 Å². The Morgan fingerprint density at radius 1 is 0.794 bits per heavy atom. The van der Waals surface area contributed by atoms with Crippen LogP contribution >= 0.6 is 22.6 Å². The van der Waals surface area contributed by atoms with Crippen molar-refractivity contribution in [1.82, 2.24) is 0 Å². The molecular formula is C29H20INO3. The fourth-order valence-corrected chi connectivity index (χ4v) is 4.14. The maximum Gasteiger partial charge on any atom is 0.363 e. The van der Waals surface area contributed by atoms with Gasteiger partial charge in [-0.25, -0.2) is 9.79 Å². The van der Waals surface area contributed by atoms with Gasteiger partial charge in [0, 0.05) is 14.7 Å². The quantitative estimate of drug-likeness (QED) is 0.148. The minimum Gasteiger partial charge on any atom is -0.489 e. The standard InChI is InChI=1S/C29H20INO3/c30-26-12-5-4-10-24(26)19-33-25-11-6-7-20(17-25)18-27-29(32)34-28(31-27)23-15-13-22(14-16-23)21-8-2-1-3-9-21/h1-18H,19H2/b27-18-. The van der Waals surface area contributed by atoms with Crippen LogP contribution in [0.25, 0.3) is 17.2 Å². The molecule has 1 aliphatic rings. The summed E-state index contributed by atoms with van der Waals surface area (Å²) in [5.74, 6) is 0.565. The highest BCUT2D eigenvalue weighted by molar-refractivity contribution is 14.1. The molecule has 0 aromatic heterocycles. The monoisotopic (exact) mass is 557 g/mol. The molecule has 5 rings (SSSR count). The Hall–Kier alpha value is -3.71. The average molecular weight is 557 g/mol. The van der Waals surface area contributed by atoms with Gasteiger partial charge in [0.15, 0.2) is 5.70 Å². The highest BCUT2D eigenvalue weighted by Crippen LogP contribution is 2.24. The molecule has 0 aliphatic carbocycles. The van der Waals surface area contributed by atoms with E-state index in [1.165, 1.54) is 0 Å². The van der Waals surface area contributed by atoms with E-state index in [9.17, 15) is 4.79 Å². The second kappa shape index (κ2) is 10.1. The van der Waals surface area contributed by atoms with Crippen molar-refractivity contribution in [2.24, 2.45) is 4.99 Å². The number of cyclic esters (lactones) is 1. The molecule has 4 aromatic rings. The highest BCUT2D eigenvalue weighted by Gasteiger charge is 2.24. The average Bonchev–Trinajstić information content (AvgIpc) is 3.24. The number of carbonyl (C=O) groups is 1. The summed E-state index contributed by atoms with van der Waals surface area (Å²) in [5.41, 5.74) is 5.18. The first-order valence-electron chi connectivity index (χ1n) is 10.8. The van der Waals surface area contributed by atoms with Crippen LogP contribution < -0.4 is 4.74 Å². The lowest BCUT2D eigenvalue weighted by atomic mass is 10.0. The number of aliphatic imine (C=N–C) groups is 1. The van der Waals surface area contributed by atoms with Crippen molar-refractivity contribution in [1.29, 1.82) is 0 Å². The number of ether oxygens (including phenoxy) is 2. The van der Waals surface area contributed by atoms with Gasteiger partial charge in [-0.1, -0.05) is 72.8 Å². The highest BCUT2D eigenvalue weighted by atomic mass is 127. The number of nitrogens with zero attached hydrogens (tertiary/aromatic N) is 1. The Bertz CT molecular complexity index is 1390. The predicted octanol–water partition coefficient (Wildman–Crippen LogP) is 6.88. The van der Waals surface area contributed by atoms with Gasteiger partial charge in [-0.15, -0.1) is 0 Å². The Labute approximate surface area is 211 Å². The molecule has 0 saturated heterocycles. The van der Waals surface area contributed by atoms with E-state index < -0.39 is 5.97 Å². The van der Waals surface area contributed by atoms with Gasteiger partial charge in [-0.2, -0.15) is 0 Å². The molecule has 0 N–H and O–H groups in total. The van der Waals surface area contributed by atoms with Gasteiger partial charge in [-0.05, 0) is 75.7 Å². The lowest BCUT2D eigenvalue weighted by Gasteiger charge is -2.08. The fraction of sp³-hybridized carbons (Fsp3) is 0.0345. The number of hydrogen-bond acceptors (Lipinski definition) is 4. The topological polar surface area (TPSA) is 47.9 Å². The molecule has 0 spiro atoms. The number of hydrogen-bond donors (Lipinski definition) is 0. The van der Waals surface area contributed by atoms with Crippen LogP contribution in [0, 0.1) is 3.57 Å². The van der Waals surface area contributed by atoms with E-state index in [0.29, 0.717) is 12.5 Å². The smallest absolute Gasteiger partial charge is 0.363 e. The number of carbonyl (C=O) groups excluding carboxylic acids is 1. The predicted molar refractivity (Wildman–Crippen MR) is 142 cm³/mol. The summed E-state index contributed by atoms with van der Waals surface area (Å²) in [6, 6.07) is 33.6. The van der Waals surface area contributed by atoms with Crippen LogP contribution in [-0.4, -0.2) is 11.9 Å². The van der Waals surface area contributed by atoms with Crippen molar-refractivity contribution < 1.29 is 14.3 Å². The maximum atomic E-state index is 12.4. The van der Waals surface area contributed by atoms with Gasteiger partial charge in [0.2, 0.25) is 5.90 Å². The molecule has 0 atom stereocenters. The maximum absolute atomic E-state index is 12.4. The first kappa shape index (κ1) is 22.1. The van der Waals surface area contributed by atoms with E-state index in [1.807, 2.05) is 84.9 Å². The van der Waals surface area contributed by atoms with Crippen molar-refractivity contribution in [3.63, 3.8) is 0 Å². The Kier molecular flexibility index (Phi) is 6.53. The third-order valence-corrected chi connectivity index (χ3v) is 6.43. The number of esters is 1.